The van der Waals surface area contributed by atoms with Gasteiger partial charge in [-0.05, 0) is 24.3 Å². The first-order chi connectivity index (χ1) is 11.2. The SMILES string of the molecule is O=C1COc2cc(NC(=O)c3cc4ccccc4[nH]3)ccc2N1. The smallest absolute Gasteiger partial charge is 0.272 e. The molecule has 0 fully saturated rings. The van der Waals surface area contributed by atoms with Gasteiger partial charge in [0.1, 0.15) is 11.4 Å². The molecule has 0 unspecified atom stereocenters. The Morgan fingerprint density at radius 3 is 2.87 bits per heavy atom. The molecule has 1 aromatic heterocycles. The summed E-state index contributed by atoms with van der Waals surface area (Å²) in [4.78, 5) is 26.7. The van der Waals surface area contributed by atoms with Crippen LogP contribution in [0, 0.1) is 0 Å². The van der Waals surface area contributed by atoms with Crippen LogP contribution in [0.25, 0.3) is 10.9 Å². The van der Waals surface area contributed by atoms with Crippen LogP contribution >= 0.6 is 0 Å². The van der Waals surface area contributed by atoms with E-state index in [1.54, 1.807) is 24.3 Å². The Morgan fingerprint density at radius 2 is 2.00 bits per heavy atom. The molecule has 0 spiro atoms. The lowest BCUT2D eigenvalue weighted by Gasteiger charge is -2.18. The van der Waals surface area contributed by atoms with Crippen LogP contribution in [0.2, 0.25) is 0 Å². The molecule has 0 radical (unpaired) electrons. The number of benzene rings is 2. The first-order valence-corrected chi connectivity index (χ1v) is 7.15. The standard InChI is InChI=1S/C17H13N3O3/c21-16-9-23-15-8-11(5-6-13(15)20-16)18-17(22)14-7-10-3-1-2-4-12(10)19-14/h1-8,19H,9H2,(H,18,22)(H,20,21). The van der Waals surface area contributed by atoms with Gasteiger partial charge in [-0.1, -0.05) is 18.2 Å². The normalized spacial score (nSPS) is 13.1. The van der Waals surface area contributed by atoms with Gasteiger partial charge in [0.2, 0.25) is 0 Å². The summed E-state index contributed by atoms with van der Waals surface area (Å²) in [5.74, 6) is 0.118. The van der Waals surface area contributed by atoms with Gasteiger partial charge in [0, 0.05) is 22.7 Å². The van der Waals surface area contributed by atoms with E-state index in [2.05, 4.69) is 15.6 Å². The van der Waals surface area contributed by atoms with E-state index in [0.717, 1.165) is 10.9 Å². The predicted octanol–water partition coefficient (Wildman–Crippen LogP) is 2.75. The highest BCUT2D eigenvalue weighted by atomic mass is 16.5. The third-order valence-electron chi connectivity index (χ3n) is 3.65. The number of H-pyrrole nitrogens is 1. The molecule has 0 saturated carbocycles. The molecule has 3 aromatic rings. The van der Waals surface area contributed by atoms with Gasteiger partial charge in [-0.3, -0.25) is 9.59 Å². The number of ether oxygens (including phenoxy) is 1. The van der Waals surface area contributed by atoms with Gasteiger partial charge in [0.25, 0.3) is 11.8 Å². The first kappa shape index (κ1) is 13.4. The van der Waals surface area contributed by atoms with Crippen LogP contribution in [0.3, 0.4) is 0 Å². The topological polar surface area (TPSA) is 83.2 Å². The molecule has 2 aromatic carbocycles. The van der Waals surface area contributed by atoms with Gasteiger partial charge in [0.05, 0.1) is 5.69 Å². The van der Waals surface area contributed by atoms with E-state index in [1.165, 1.54) is 0 Å². The van der Waals surface area contributed by atoms with Gasteiger partial charge in [-0.2, -0.15) is 0 Å². The Balaban J connectivity index is 1.57. The molecule has 1 aliphatic rings. The maximum absolute atomic E-state index is 12.4. The summed E-state index contributed by atoms with van der Waals surface area (Å²) in [6, 6.07) is 14.6. The number of hydrogen-bond acceptors (Lipinski definition) is 3. The van der Waals surface area contributed by atoms with Crippen molar-refractivity contribution in [2.24, 2.45) is 0 Å². The Bertz CT molecular complexity index is 897. The third-order valence-corrected chi connectivity index (χ3v) is 3.65. The minimum Gasteiger partial charge on any atom is -0.482 e. The molecule has 0 saturated heterocycles. The maximum Gasteiger partial charge on any atom is 0.272 e. The molecule has 23 heavy (non-hydrogen) atoms. The lowest BCUT2D eigenvalue weighted by molar-refractivity contribution is -0.118. The number of carbonyl (C=O) groups is 2. The fourth-order valence-electron chi connectivity index (χ4n) is 2.55. The van der Waals surface area contributed by atoms with Crippen molar-refractivity contribution in [1.82, 2.24) is 4.98 Å². The lowest BCUT2D eigenvalue weighted by atomic mass is 10.2. The van der Waals surface area contributed by atoms with Gasteiger partial charge in [0.15, 0.2) is 6.61 Å². The van der Waals surface area contributed by atoms with Crippen molar-refractivity contribution >= 4 is 34.1 Å². The number of rotatable bonds is 2. The molecule has 114 valence electrons. The summed E-state index contributed by atoms with van der Waals surface area (Å²) < 4.78 is 5.34. The molecule has 0 aliphatic carbocycles. The summed E-state index contributed by atoms with van der Waals surface area (Å²) in [6.07, 6.45) is 0. The van der Waals surface area contributed by atoms with Crippen LogP contribution < -0.4 is 15.4 Å². The van der Waals surface area contributed by atoms with Gasteiger partial charge >= 0.3 is 0 Å². The number of aromatic amines is 1. The fourth-order valence-corrected chi connectivity index (χ4v) is 2.55. The van der Waals surface area contributed by atoms with Crippen LogP contribution in [0.5, 0.6) is 5.75 Å². The van der Waals surface area contributed by atoms with E-state index in [4.69, 9.17) is 4.74 Å². The second-order valence-corrected chi connectivity index (χ2v) is 5.27. The number of fused-ring (bicyclic) bond motifs is 2. The molecule has 0 atom stereocenters. The lowest BCUT2D eigenvalue weighted by Crippen LogP contribution is -2.25. The molecule has 6 nitrogen and oxygen atoms in total. The van der Waals surface area contributed by atoms with E-state index in [9.17, 15) is 9.59 Å². The van der Waals surface area contributed by atoms with Crippen LogP contribution in [-0.4, -0.2) is 23.4 Å². The number of para-hydroxylation sites is 1. The quantitative estimate of drug-likeness (QED) is 0.680. The number of amides is 2. The van der Waals surface area contributed by atoms with Crippen LogP contribution in [0.4, 0.5) is 11.4 Å². The second-order valence-electron chi connectivity index (χ2n) is 5.27. The molecule has 2 amide bonds. The predicted molar refractivity (Wildman–Crippen MR) is 86.8 cm³/mol. The van der Waals surface area contributed by atoms with Crippen molar-refractivity contribution in [1.29, 1.82) is 0 Å². The van der Waals surface area contributed by atoms with Crippen molar-refractivity contribution in [3.05, 3.63) is 54.2 Å². The highest BCUT2D eigenvalue weighted by Gasteiger charge is 2.17. The largest absolute Gasteiger partial charge is 0.482 e. The van der Waals surface area contributed by atoms with E-state index in [0.29, 0.717) is 22.8 Å². The molecule has 0 bridgehead atoms. The van der Waals surface area contributed by atoms with E-state index >= 15 is 0 Å². The molecule has 2 heterocycles. The van der Waals surface area contributed by atoms with Crippen molar-refractivity contribution in [2.45, 2.75) is 0 Å². The fraction of sp³-hybridized carbons (Fsp3) is 0.0588. The molecule has 6 heteroatoms. The zero-order valence-electron chi connectivity index (χ0n) is 12.1. The molecule has 3 N–H and O–H groups in total. The Hall–Kier alpha value is -3.28. The first-order valence-electron chi connectivity index (χ1n) is 7.15. The van der Waals surface area contributed by atoms with Crippen LogP contribution in [0.15, 0.2) is 48.5 Å². The Labute approximate surface area is 131 Å². The Kier molecular flexibility index (Phi) is 3.01. The van der Waals surface area contributed by atoms with Gasteiger partial charge in [-0.25, -0.2) is 0 Å². The maximum atomic E-state index is 12.4. The van der Waals surface area contributed by atoms with E-state index < -0.39 is 0 Å². The number of hydrogen-bond donors (Lipinski definition) is 3. The third kappa shape index (κ3) is 2.50. The number of anilines is 2. The van der Waals surface area contributed by atoms with Gasteiger partial charge in [-0.15, -0.1) is 0 Å². The molecule has 1 aliphatic heterocycles. The minimum atomic E-state index is -0.235. The molecular formula is C17H13N3O3. The summed E-state index contributed by atoms with van der Waals surface area (Å²) in [7, 11) is 0. The van der Waals surface area contributed by atoms with Crippen LogP contribution in [-0.2, 0) is 4.79 Å². The van der Waals surface area contributed by atoms with Crippen molar-refractivity contribution < 1.29 is 14.3 Å². The van der Waals surface area contributed by atoms with Crippen molar-refractivity contribution in [3.8, 4) is 5.75 Å². The van der Waals surface area contributed by atoms with Crippen molar-refractivity contribution in [3.63, 3.8) is 0 Å². The zero-order valence-corrected chi connectivity index (χ0v) is 12.1. The summed E-state index contributed by atoms with van der Waals surface area (Å²) in [6.45, 7) is -0.0214. The minimum absolute atomic E-state index is 0.0214. The summed E-state index contributed by atoms with van der Waals surface area (Å²) in [5.41, 5.74) is 2.60. The van der Waals surface area contributed by atoms with E-state index in [1.807, 2.05) is 24.3 Å². The number of carbonyl (C=O) groups excluding carboxylic acids is 2. The van der Waals surface area contributed by atoms with Gasteiger partial charge < -0.3 is 20.4 Å². The van der Waals surface area contributed by atoms with Crippen molar-refractivity contribution in [2.75, 3.05) is 17.2 Å². The molecular weight excluding hydrogens is 294 g/mol. The highest BCUT2D eigenvalue weighted by molar-refractivity contribution is 6.06. The highest BCUT2D eigenvalue weighted by Crippen LogP contribution is 2.30. The average Bonchev–Trinajstić information content (AvgIpc) is 2.99. The van der Waals surface area contributed by atoms with E-state index in [-0.39, 0.29) is 18.4 Å². The van der Waals surface area contributed by atoms with Crippen LogP contribution in [0.1, 0.15) is 10.5 Å². The number of nitrogens with one attached hydrogen (secondary N) is 3. The average molecular weight is 307 g/mol. The summed E-state index contributed by atoms with van der Waals surface area (Å²) >= 11 is 0. The summed E-state index contributed by atoms with van der Waals surface area (Å²) in [5, 5.41) is 6.51. The second kappa shape index (κ2) is 5.17. The Morgan fingerprint density at radius 1 is 1.13 bits per heavy atom. The zero-order chi connectivity index (χ0) is 15.8. The monoisotopic (exact) mass is 307 g/mol. The number of aromatic nitrogens is 1. The molecule has 4 rings (SSSR count).